The highest BCUT2D eigenvalue weighted by Gasteiger charge is 2.01. The van der Waals surface area contributed by atoms with Gasteiger partial charge in [0.2, 0.25) is 5.91 Å². The van der Waals surface area contributed by atoms with Crippen LogP contribution in [0.3, 0.4) is 0 Å². The third-order valence-corrected chi connectivity index (χ3v) is 3.00. The van der Waals surface area contributed by atoms with E-state index in [1.165, 1.54) is 11.1 Å². The molecular weight excluding hydrogens is 252 g/mol. The summed E-state index contributed by atoms with van der Waals surface area (Å²) in [4.78, 5) is 11.0. The van der Waals surface area contributed by atoms with Crippen molar-refractivity contribution >= 4 is 5.91 Å². The molecule has 0 fully saturated rings. The lowest BCUT2D eigenvalue weighted by Crippen LogP contribution is -2.31. The second-order valence-electron chi connectivity index (χ2n) is 4.56. The quantitative estimate of drug-likeness (QED) is 0.498. The third kappa shape index (κ3) is 3.83. The standard InChI is InChI=1S/C16H18N2O2/c1-12-2-4-13(5-3-12)14-6-8-15(9-7-14)20-11-10-16(19)18-17/h2-9H,10-11,17H2,1H3,(H,18,19). The number of nitrogens with one attached hydrogen (secondary N) is 1. The lowest BCUT2D eigenvalue weighted by atomic mass is 10.0. The van der Waals surface area contributed by atoms with Crippen molar-refractivity contribution in [3.63, 3.8) is 0 Å². The first kappa shape index (κ1) is 14.1. The van der Waals surface area contributed by atoms with E-state index in [0.717, 1.165) is 11.3 Å². The molecule has 20 heavy (non-hydrogen) atoms. The maximum atomic E-state index is 11.0. The first-order chi connectivity index (χ1) is 9.69. The fourth-order valence-electron chi connectivity index (χ4n) is 1.82. The van der Waals surface area contributed by atoms with Gasteiger partial charge in [0.15, 0.2) is 0 Å². The maximum absolute atomic E-state index is 11.0. The summed E-state index contributed by atoms with van der Waals surface area (Å²) >= 11 is 0. The average molecular weight is 270 g/mol. The van der Waals surface area contributed by atoms with Crippen molar-refractivity contribution in [3.8, 4) is 16.9 Å². The number of ether oxygens (including phenoxy) is 1. The van der Waals surface area contributed by atoms with Crippen LogP contribution >= 0.6 is 0 Å². The lowest BCUT2D eigenvalue weighted by molar-refractivity contribution is -0.121. The van der Waals surface area contributed by atoms with E-state index in [1.807, 2.05) is 24.3 Å². The van der Waals surface area contributed by atoms with Crippen LogP contribution in [0.1, 0.15) is 12.0 Å². The van der Waals surface area contributed by atoms with Crippen LogP contribution in [-0.2, 0) is 4.79 Å². The molecule has 4 heteroatoms. The van der Waals surface area contributed by atoms with Gasteiger partial charge in [-0.05, 0) is 30.2 Å². The second kappa shape index (κ2) is 6.73. The van der Waals surface area contributed by atoms with E-state index in [2.05, 4.69) is 36.6 Å². The van der Waals surface area contributed by atoms with E-state index < -0.39 is 0 Å². The molecule has 104 valence electrons. The Kier molecular flexibility index (Phi) is 4.74. The van der Waals surface area contributed by atoms with Crippen molar-refractivity contribution in [1.29, 1.82) is 0 Å². The summed E-state index contributed by atoms with van der Waals surface area (Å²) in [6, 6.07) is 16.2. The van der Waals surface area contributed by atoms with Crippen molar-refractivity contribution in [1.82, 2.24) is 5.43 Å². The molecule has 2 rings (SSSR count). The summed E-state index contributed by atoms with van der Waals surface area (Å²) in [7, 11) is 0. The number of carbonyl (C=O) groups is 1. The fraction of sp³-hybridized carbons (Fsp3) is 0.188. The van der Waals surface area contributed by atoms with Gasteiger partial charge in [-0.1, -0.05) is 42.0 Å². The molecule has 0 aromatic heterocycles. The maximum Gasteiger partial charge on any atom is 0.237 e. The number of aryl methyl sites for hydroxylation is 1. The average Bonchev–Trinajstić information content (AvgIpc) is 2.48. The van der Waals surface area contributed by atoms with E-state index in [0.29, 0.717) is 6.61 Å². The number of hydrogen-bond acceptors (Lipinski definition) is 3. The van der Waals surface area contributed by atoms with E-state index >= 15 is 0 Å². The fourth-order valence-corrected chi connectivity index (χ4v) is 1.82. The van der Waals surface area contributed by atoms with Crippen LogP contribution < -0.4 is 16.0 Å². The van der Waals surface area contributed by atoms with Gasteiger partial charge in [-0.15, -0.1) is 0 Å². The van der Waals surface area contributed by atoms with Crippen LogP contribution in [0.2, 0.25) is 0 Å². The van der Waals surface area contributed by atoms with Crippen molar-refractivity contribution in [2.75, 3.05) is 6.61 Å². The Morgan fingerprint density at radius 3 is 2.15 bits per heavy atom. The van der Waals surface area contributed by atoms with Gasteiger partial charge in [0.25, 0.3) is 0 Å². The van der Waals surface area contributed by atoms with Gasteiger partial charge >= 0.3 is 0 Å². The minimum atomic E-state index is -0.235. The summed E-state index contributed by atoms with van der Waals surface area (Å²) < 4.78 is 5.47. The molecule has 0 radical (unpaired) electrons. The predicted molar refractivity (Wildman–Crippen MR) is 79.1 cm³/mol. The summed E-state index contributed by atoms with van der Waals surface area (Å²) in [5.41, 5.74) is 5.62. The van der Waals surface area contributed by atoms with Gasteiger partial charge in [0, 0.05) is 0 Å². The molecule has 0 saturated carbocycles. The van der Waals surface area contributed by atoms with E-state index in [-0.39, 0.29) is 12.3 Å². The first-order valence-corrected chi connectivity index (χ1v) is 6.48. The molecule has 0 aliphatic rings. The monoisotopic (exact) mass is 270 g/mol. The largest absolute Gasteiger partial charge is 0.493 e. The van der Waals surface area contributed by atoms with Gasteiger partial charge in [-0.3, -0.25) is 10.2 Å². The Morgan fingerprint density at radius 1 is 1.05 bits per heavy atom. The highest BCUT2D eigenvalue weighted by molar-refractivity contribution is 5.75. The summed E-state index contributed by atoms with van der Waals surface area (Å²) in [5, 5.41) is 0. The Bertz CT molecular complexity index is 562. The molecule has 2 aromatic carbocycles. The van der Waals surface area contributed by atoms with Gasteiger partial charge in [-0.2, -0.15) is 0 Å². The molecule has 0 heterocycles. The number of carbonyl (C=O) groups excluding carboxylic acids is 1. The number of benzene rings is 2. The minimum absolute atomic E-state index is 0.235. The molecule has 0 aliphatic carbocycles. The third-order valence-electron chi connectivity index (χ3n) is 3.00. The Balaban J connectivity index is 1.96. The predicted octanol–water partition coefficient (Wildman–Crippen LogP) is 2.42. The molecule has 0 saturated heterocycles. The van der Waals surface area contributed by atoms with Crippen LogP contribution in [0.5, 0.6) is 5.75 Å². The SMILES string of the molecule is Cc1ccc(-c2ccc(OCCC(=O)NN)cc2)cc1. The molecule has 0 aliphatic heterocycles. The molecule has 4 nitrogen and oxygen atoms in total. The highest BCUT2D eigenvalue weighted by Crippen LogP contribution is 2.22. The zero-order chi connectivity index (χ0) is 14.4. The molecule has 0 spiro atoms. The molecule has 2 aromatic rings. The molecule has 0 atom stereocenters. The highest BCUT2D eigenvalue weighted by atomic mass is 16.5. The Labute approximate surface area is 118 Å². The summed E-state index contributed by atoms with van der Waals surface area (Å²) in [6.45, 7) is 2.38. The first-order valence-electron chi connectivity index (χ1n) is 6.48. The van der Waals surface area contributed by atoms with Crippen LogP contribution in [0.25, 0.3) is 11.1 Å². The van der Waals surface area contributed by atoms with Crippen molar-refractivity contribution < 1.29 is 9.53 Å². The van der Waals surface area contributed by atoms with Crippen LogP contribution in [-0.4, -0.2) is 12.5 Å². The van der Waals surface area contributed by atoms with Crippen molar-refractivity contribution in [3.05, 3.63) is 54.1 Å². The second-order valence-corrected chi connectivity index (χ2v) is 4.56. The number of hydrazine groups is 1. The summed E-state index contributed by atoms with van der Waals surface area (Å²) in [5.74, 6) is 5.50. The van der Waals surface area contributed by atoms with E-state index in [9.17, 15) is 4.79 Å². The molecule has 0 unspecified atom stereocenters. The number of rotatable bonds is 5. The number of nitrogens with two attached hydrogens (primary N) is 1. The molecule has 1 amide bonds. The summed E-state index contributed by atoms with van der Waals surface area (Å²) in [6.07, 6.45) is 0.246. The van der Waals surface area contributed by atoms with E-state index in [1.54, 1.807) is 0 Å². The Morgan fingerprint density at radius 2 is 1.60 bits per heavy atom. The van der Waals surface area contributed by atoms with E-state index in [4.69, 9.17) is 10.6 Å². The van der Waals surface area contributed by atoms with Gasteiger partial charge in [0.1, 0.15) is 5.75 Å². The zero-order valence-electron chi connectivity index (χ0n) is 11.4. The number of amides is 1. The molecule has 0 bridgehead atoms. The van der Waals surface area contributed by atoms with Crippen molar-refractivity contribution in [2.24, 2.45) is 5.84 Å². The minimum Gasteiger partial charge on any atom is -0.493 e. The molecular formula is C16H18N2O2. The Hall–Kier alpha value is -2.33. The van der Waals surface area contributed by atoms with Crippen LogP contribution in [0.15, 0.2) is 48.5 Å². The zero-order valence-corrected chi connectivity index (χ0v) is 11.4. The smallest absolute Gasteiger partial charge is 0.237 e. The van der Waals surface area contributed by atoms with Gasteiger partial charge in [0.05, 0.1) is 13.0 Å². The van der Waals surface area contributed by atoms with Crippen LogP contribution in [0.4, 0.5) is 0 Å². The van der Waals surface area contributed by atoms with Crippen molar-refractivity contribution in [2.45, 2.75) is 13.3 Å². The van der Waals surface area contributed by atoms with Gasteiger partial charge in [-0.25, -0.2) is 5.84 Å². The lowest BCUT2D eigenvalue weighted by Gasteiger charge is -2.07. The molecule has 3 N–H and O–H groups in total. The normalized spacial score (nSPS) is 10.1. The number of hydrogen-bond donors (Lipinski definition) is 2. The van der Waals surface area contributed by atoms with Crippen LogP contribution in [0, 0.1) is 6.92 Å². The topological polar surface area (TPSA) is 64.3 Å². The van der Waals surface area contributed by atoms with Gasteiger partial charge < -0.3 is 4.74 Å².